The van der Waals surface area contributed by atoms with Gasteiger partial charge in [0.05, 0.1) is 31.4 Å². The second-order valence-electron chi connectivity index (χ2n) is 4.60. The van der Waals surface area contributed by atoms with Crippen LogP contribution in [0.3, 0.4) is 0 Å². The number of carbonyl (C=O) groups is 4. The number of anilines is 1. The van der Waals surface area contributed by atoms with Crippen molar-refractivity contribution in [2.75, 3.05) is 19.0 Å². The molecular formula is C15H17BN2O6. The molecule has 0 aliphatic carbocycles. The van der Waals surface area contributed by atoms with Crippen molar-refractivity contribution in [2.45, 2.75) is 19.4 Å². The van der Waals surface area contributed by atoms with Crippen molar-refractivity contribution in [3.8, 4) is 0 Å². The van der Waals surface area contributed by atoms with Crippen LogP contribution in [-0.4, -0.2) is 51.3 Å². The van der Waals surface area contributed by atoms with Crippen LogP contribution in [0.5, 0.6) is 0 Å². The summed E-state index contributed by atoms with van der Waals surface area (Å²) in [5.41, 5.74) is 0.325. The van der Waals surface area contributed by atoms with Crippen molar-refractivity contribution in [1.82, 2.24) is 5.32 Å². The van der Waals surface area contributed by atoms with Gasteiger partial charge in [-0.2, -0.15) is 0 Å². The Morgan fingerprint density at radius 1 is 1.21 bits per heavy atom. The average Bonchev–Trinajstić information content (AvgIpc) is 2.54. The Labute approximate surface area is 140 Å². The summed E-state index contributed by atoms with van der Waals surface area (Å²) in [4.78, 5) is 46.5. The van der Waals surface area contributed by atoms with Crippen molar-refractivity contribution in [3.05, 3.63) is 29.8 Å². The minimum atomic E-state index is -1.25. The predicted molar refractivity (Wildman–Crippen MR) is 85.7 cm³/mol. The quantitative estimate of drug-likeness (QED) is 0.559. The molecular weight excluding hydrogens is 315 g/mol. The lowest BCUT2D eigenvalue weighted by Gasteiger charge is -2.18. The van der Waals surface area contributed by atoms with Gasteiger partial charge in [-0.3, -0.25) is 14.4 Å². The third kappa shape index (κ3) is 5.75. The number of hydrogen-bond acceptors (Lipinski definition) is 6. The lowest BCUT2D eigenvalue weighted by Crippen LogP contribution is -2.45. The molecule has 1 rings (SSSR count). The van der Waals surface area contributed by atoms with Gasteiger partial charge in [0.15, 0.2) is 5.81 Å². The molecule has 0 saturated carbocycles. The van der Waals surface area contributed by atoms with E-state index in [1.165, 1.54) is 12.1 Å². The molecule has 0 saturated heterocycles. The number of nitrogens with one attached hydrogen (secondary N) is 2. The Morgan fingerprint density at radius 3 is 2.46 bits per heavy atom. The molecule has 2 radical (unpaired) electrons. The smallest absolute Gasteiger partial charge is 0.340 e. The fourth-order valence-corrected chi connectivity index (χ4v) is 1.83. The molecule has 8 nitrogen and oxygen atoms in total. The molecule has 126 valence electrons. The molecule has 2 amide bonds. The highest BCUT2D eigenvalue weighted by Crippen LogP contribution is 2.17. The van der Waals surface area contributed by atoms with Crippen LogP contribution in [-0.2, 0) is 19.1 Å². The summed E-state index contributed by atoms with van der Waals surface area (Å²) in [5, 5.41) is 4.62. The maximum Gasteiger partial charge on any atom is 0.340 e. The van der Waals surface area contributed by atoms with Gasteiger partial charge < -0.3 is 20.1 Å². The van der Waals surface area contributed by atoms with Gasteiger partial charge in [-0.05, 0) is 19.1 Å². The lowest BCUT2D eigenvalue weighted by molar-refractivity contribution is -0.142. The highest BCUT2D eigenvalue weighted by Gasteiger charge is 2.24. The topological polar surface area (TPSA) is 111 Å². The molecule has 1 aromatic carbocycles. The largest absolute Gasteiger partial charge is 0.469 e. The number of rotatable bonds is 7. The third-order valence-electron chi connectivity index (χ3n) is 2.91. The Bertz CT molecular complexity index is 634. The maximum atomic E-state index is 12.3. The number of hydrogen-bond donors (Lipinski definition) is 2. The molecule has 0 bridgehead atoms. The first-order valence-electron chi connectivity index (χ1n) is 7.08. The van der Waals surface area contributed by atoms with E-state index in [0.717, 1.165) is 7.11 Å². The van der Waals surface area contributed by atoms with Crippen LogP contribution in [0.1, 0.15) is 23.7 Å². The maximum absolute atomic E-state index is 12.3. The number of para-hydroxylation sites is 1. The zero-order chi connectivity index (χ0) is 18.1. The molecule has 1 unspecified atom stereocenters. The first-order chi connectivity index (χ1) is 11.4. The molecule has 0 spiro atoms. The zero-order valence-corrected chi connectivity index (χ0v) is 13.3. The summed E-state index contributed by atoms with van der Waals surface area (Å²) >= 11 is 0. The van der Waals surface area contributed by atoms with Crippen LogP contribution in [0.25, 0.3) is 0 Å². The summed E-state index contributed by atoms with van der Waals surface area (Å²) in [6.07, 6.45) is -0.410. The van der Waals surface area contributed by atoms with Gasteiger partial charge in [-0.1, -0.05) is 12.1 Å². The van der Waals surface area contributed by atoms with Gasteiger partial charge in [-0.15, -0.1) is 0 Å². The number of benzene rings is 1. The fraction of sp³-hybridized carbons (Fsp3) is 0.333. The molecule has 2 N–H and O–H groups in total. The van der Waals surface area contributed by atoms with Crippen LogP contribution >= 0.6 is 0 Å². The van der Waals surface area contributed by atoms with E-state index in [2.05, 4.69) is 15.4 Å². The van der Waals surface area contributed by atoms with Crippen LogP contribution in [0.4, 0.5) is 10.5 Å². The van der Waals surface area contributed by atoms with Crippen molar-refractivity contribution in [2.24, 2.45) is 0 Å². The highest BCUT2D eigenvalue weighted by molar-refractivity contribution is 6.57. The van der Waals surface area contributed by atoms with Gasteiger partial charge in [-0.25, -0.2) is 4.79 Å². The van der Waals surface area contributed by atoms with Gasteiger partial charge in [0.2, 0.25) is 13.8 Å². The van der Waals surface area contributed by atoms with Crippen LogP contribution in [0.15, 0.2) is 24.3 Å². The molecule has 9 heteroatoms. The number of methoxy groups -OCH3 is 1. The Hall–Kier alpha value is -2.84. The molecule has 24 heavy (non-hydrogen) atoms. The number of amides is 2. The Balaban J connectivity index is 2.96. The van der Waals surface area contributed by atoms with Crippen LogP contribution in [0, 0.1) is 0 Å². The van der Waals surface area contributed by atoms with E-state index in [4.69, 9.17) is 12.6 Å². The first-order valence-corrected chi connectivity index (χ1v) is 7.08. The minimum Gasteiger partial charge on any atom is -0.469 e. The highest BCUT2D eigenvalue weighted by atomic mass is 16.5. The van der Waals surface area contributed by atoms with Crippen molar-refractivity contribution < 1.29 is 28.7 Å². The van der Waals surface area contributed by atoms with Gasteiger partial charge in [0.1, 0.15) is 6.04 Å². The molecule has 0 aromatic heterocycles. The molecule has 0 aliphatic rings. The number of carbonyl (C=O) groups excluding carboxylic acids is 4. The summed E-state index contributed by atoms with van der Waals surface area (Å²) in [7, 11) is 6.15. The van der Waals surface area contributed by atoms with E-state index >= 15 is 0 Å². The zero-order valence-electron chi connectivity index (χ0n) is 13.3. The second-order valence-corrected chi connectivity index (χ2v) is 4.60. The van der Waals surface area contributed by atoms with Gasteiger partial charge in [0.25, 0.3) is 0 Å². The summed E-state index contributed by atoms with van der Waals surface area (Å²) in [5.74, 6) is -3.02. The standard InChI is InChI=1S/C15H17BN2O6/c1-3-24-14(21)9-6-4-5-7-10(9)17-13(20)11(18-15(16)22)8-12(19)23-2/h4-7,11H,3,8H2,1-2H3,(H,17,20)(H,18,22). The summed E-state index contributed by atoms with van der Waals surface area (Å²) < 4.78 is 9.37. The van der Waals surface area contributed by atoms with E-state index in [9.17, 15) is 19.2 Å². The molecule has 1 aromatic rings. The second kappa shape index (κ2) is 9.34. The fourth-order valence-electron chi connectivity index (χ4n) is 1.83. The predicted octanol–water partition coefficient (Wildman–Crippen LogP) is 0.612. The van der Waals surface area contributed by atoms with E-state index in [0.29, 0.717) is 0 Å². The average molecular weight is 332 g/mol. The summed E-state index contributed by atoms with van der Waals surface area (Å²) in [6, 6.07) is 4.93. The van der Waals surface area contributed by atoms with Crippen molar-refractivity contribution in [3.63, 3.8) is 0 Å². The van der Waals surface area contributed by atoms with Crippen molar-refractivity contribution >= 4 is 37.2 Å². The lowest BCUT2D eigenvalue weighted by atomic mass is 10.1. The number of esters is 2. The van der Waals surface area contributed by atoms with E-state index in [1.54, 1.807) is 19.1 Å². The van der Waals surface area contributed by atoms with E-state index in [-0.39, 0.29) is 17.9 Å². The third-order valence-corrected chi connectivity index (χ3v) is 2.91. The first kappa shape index (κ1) is 19.2. The van der Waals surface area contributed by atoms with Crippen LogP contribution < -0.4 is 10.6 Å². The van der Waals surface area contributed by atoms with Gasteiger partial charge in [0, 0.05) is 0 Å². The molecule has 0 fully saturated rings. The summed E-state index contributed by atoms with van der Waals surface area (Å²) in [6.45, 7) is 1.83. The molecule has 0 heterocycles. The normalized spacial score (nSPS) is 11.1. The van der Waals surface area contributed by atoms with Gasteiger partial charge >= 0.3 is 11.9 Å². The Morgan fingerprint density at radius 2 is 1.88 bits per heavy atom. The van der Waals surface area contributed by atoms with Crippen molar-refractivity contribution in [1.29, 1.82) is 0 Å². The molecule has 1 atom stereocenters. The number of ether oxygens (including phenoxy) is 2. The minimum absolute atomic E-state index is 0.142. The Kier molecular flexibility index (Phi) is 7.47. The molecule has 0 aliphatic heterocycles. The van der Waals surface area contributed by atoms with Crippen LogP contribution in [0.2, 0.25) is 0 Å². The van der Waals surface area contributed by atoms with E-state index in [1.807, 2.05) is 0 Å². The van der Waals surface area contributed by atoms with E-state index < -0.39 is 36.1 Å². The SMILES string of the molecule is [B]C(=O)NC(CC(=O)OC)C(=O)Nc1ccccc1C(=O)OCC. The monoisotopic (exact) mass is 332 g/mol.